The number of aromatic nitrogens is 2. The number of nitrogens with one attached hydrogen (secondary N) is 1. The van der Waals surface area contributed by atoms with Gasteiger partial charge in [-0.2, -0.15) is 4.98 Å². The first-order valence-electron chi connectivity index (χ1n) is 7.29. The number of nitrogens with zero attached hydrogens (tertiary/aromatic N) is 5. The van der Waals surface area contributed by atoms with Crippen molar-refractivity contribution in [1.29, 1.82) is 0 Å². The van der Waals surface area contributed by atoms with E-state index in [9.17, 15) is 0 Å². The van der Waals surface area contributed by atoms with Crippen molar-refractivity contribution in [3.8, 4) is 0 Å². The molecule has 0 aliphatic carbocycles. The largest absolute Gasteiger partial charge is 0.360 e. The molecule has 0 amide bonds. The Bertz CT molecular complexity index is 621. The lowest BCUT2D eigenvalue weighted by atomic mass is 10.3. The van der Waals surface area contributed by atoms with Crippen LogP contribution in [-0.4, -0.2) is 54.2 Å². The highest BCUT2D eigenvalue weighted by atomic mass is 127. The van der Waals surface area contributed by atoms with E-state index in [-0.39, 0.29) is 24.0 Å². The lowest BCUT2D eigenvalue weighted by Gasteiger charge is -2.36. The van der Waals surface area contributed by atoms with Crippen LogP contribution in [0.5, 0.6) is 0 Å². The number of aliphatic imine (C=N–C) groups is 1. The fourth-order valence-corrected chi connectivity index (χ4v) is 3.27. The summed E-state index contributed by atoms with van der Waals surface area (Å²) in [7, 11) is 1.80. The van der Waals surface area contributed by atoms with Gasteiger partial charge in [0.25, 0.3) is 0 Å². The molecule has 0 aromatic carbocycles. The summed E-state index contributed by atoms with van der Waals surface area (Å²) in [5.74, 6) is 2.11. The Morgan fingerprint density at radius 1 is 1.39 bits per heavy atom. The van der Waals surface area contributed by atoms with Crippen LogP contribution in [0.15, 0.2) is 27.0 Å². The third kappa shape index (κ3) is 4.56. The van der Waals surface area contributed by atoms with Gasteiger partial charge < -0.3 is 19.6 Å². The van der Waals surface area contributed by atoms with E-state index in [1.165, 1.54) is 5.00 Å². The standard InChI is InChI=1S/C14H20N6OS.HI/c1-11-17-12(21-18-11)10-16-14(15-2)20-7-5-19(6-8-20)13-4-3-9-22-13;/h3-4,9H,5-8,10H2,1-2H3,(H,15,16);1H. The minimum atomic E-state index is 0. The Labute approximate surface area is 156 Å². The van der Waals surface area contributed by atoms with Crippen molar-refractivity contribution in [2.75, 3.05) is 38.1 Å². The van der Waals surface area contributed by atoms with E-state index in [1.807, 2.05) is 6.92 Å². The van der Waals surface area contributed by atoms with E-state index in [0.717, 1.165) is 32.1 Å². The Morgan fingerprint density at radius 2 is 2.17 bits per heavy atom. The molecule has 3 rings (SSSR count). The third-order valence-corrected chi connectivity index (χ3v) is 4.51. The molecule has 1 N–H and O–H groups in total. The highest BCUT2D eigenvalue weighted by Crippen LogP contribution is 2.22. The number of hydrogen-bond acceptors (Lipinski definition) is 6. The number of anilines is 1. The molecule has 3 heterocycles. The normalized spacial score (nSPS) is 15.5. The molecule has 0 atom stereocenters. The second-order valence-electron chi connectivity index (χ2n) is 5.06. The molecule has 126 valence electrons. The number of aryl methyl sites for hydroxylation is 1. The lowest BCUT2D eigenvalue weighted by Crippen LogP contribution is -2.52. The van der Waals surface area contributed by atoms with E-state index < -0.39 is 0 Å². The molecule has 7 nitrogen and oxygen atoms in total. The van der Waals surface area contributed by atoms with E-state index in [4.69, 9.17) is 4.52 Å². The van der Waals surface area contributed by atoms with Crippen LogP contribution in [0.4, 0.5) is 5.00 Å². The smallest absolute Gasteiger partial charge is 0.246 e. The predicted molar refractivity (Wildman–Crippen MR) is 103 cm³/mol. The molecule has 1 fully saturated rings. The highest BCUT2D eigenvalue weighted by Gasteiger charge is 2.20. The summed E-state index contributed by atoms with van der Waals surface area (Å²) in [6.07, 6.45) is 0. The van der Waals surface area contributed by atoms with Gasteiger partial charge in [-0.1, -0.05) is 5.16 Å². The summed E-state index contributed by atoms with van der Waals surface area (Å²) >= 11 is 1.79. The van der Waals surface area contributed by atoms with Gasteiger partial charge in [-0.05, 0) is 24.4 Å². The molecule has 0 spiro atoms. The summed E-state index contributed by atoms with van der Waals surface area (Å²) in [6, 6.07) is 4.27. The van der Waals surface area contributed by atoms with Crippen LogP contribution >= 0.6 is 35.3 Å². The van der Waals surface area contributed by atoms with E-state index >= 15 is 0 Å². The average Bonchev–Trinajstić information content (AvgIpc) is 3.20. The first-order valence-corrected chi connectivity index (χ1v) is 8.17. The number of guanidine groups is 1. The molecule has 2 aromatic rings. The number of halogens is 1. The maximum Gasteiger partial charge on any atom is 0.246 e. The minimum absolute atomic E-state index is 0. The molecule has 1 aliphatic heterocycles. The molecular formula is C14H21IN6OS. The van der Waals surface area contributed by atoms with Crippen molar-refractivity contribution < 1.29 is 4.52 Å². The first kappa shape index (κ1) is 18.0. The van der Waals surface area contributed by atoms with Gasteiger partial charge in [0.1, 0.15) is 0 Å². The third-order valence-electron chi connectivity index (χ3n) is 3.58. The number of thiophene rings is 1. The Morgan fingerprint density at radius 3 is 2.74 bits per heavy atom. The SMILES string of the molecule is CN=C(NCc1nc(C)no1)N1CCN(c2cccs2)CC1.I. The number of rotatable bonds is 3. The van der Waals surface area contributed by atoms with Gasteiger partial charge in [0.15, 0.2) is 11.8 Å². The molecule has 1 saturated heterocycles. The van der Waals surface area contributed by atoms with Crippen LogP contribution in [0.1, 0.15) is 11.7 Å². The fraction of sp³-hybridized carbons (Fsp3) is 0.500. The molecule has 23 heavy (non-hydrogen) atoms. The van der Waals surface area contributed by atoms with Gasteiger partial charge in [0, 0.05) is 33.2 Å². The summed E-state index contributed by atoms with van der Waals surface area (Å²) in [5.41, 5.74) is 0. The summed E-state index contributed by atoms with van der Waals surface area (Å²) < 4.78 is 5.11. The second-order valence-corrected chi connectivity index (χ2v) is 5.99. The van der Waals surface area contributed by atoms with Gasteiger partial charge >= 0.3 is 0 Å². The molecule has 2 aromatic heterocycles. The average molecular weight is 448 g/mol. The maximum absolute atomic E-state index is 5.11. The molecule has 0 unspecified atom stereocenters. The minimum Gasteiger partial charge on any atom is -0.360 e. The maximum atomic E-state index is 5.11. The Balaban J connectivity index is 0.00000192. The zero-order valence-electron chi connectivity index (χ0n) is 13.2. The van der Waals surface area contributed by atoms with Crippen LogP contribution in [0.3, 0.4) is 0 Å². The molecular weight excluding hydrogens is 427 g/mol. The predicted octanol–water partition coefficient (Wildman–Crippen LogP) is 1.96. The van der Waals surface area contributed by atoms with E-state index in [0.29, 0.717) is 18.3 Å². The Kier molecular flexibility index (Phi) is 6.63. The molecule has 0 radical (unpaired) electrons. The molecule has 0 bridgehead atoms. The van der Waals surface area contributed by atoms with Crippen LogP contribution in [0.2, 0.25) is 0 Å². The summed E-state index contributed by atoms with van der Waals surface area (Å²) in [4.78, 5) is 13.2. The van der Waals surface area contributed by atoms with Gasteiger partial charge in [-0.25, -0.2) is 0 Å². The Hall–Kier alpha value is -1.36. The van der Waals surface area contributed by atoms with Gasteiger partial charge in [-0.3, -0.25) is 4.99 Å². The summed E-state index contributed by atoms with van der Waals surface area (Å²) in [5, 5.41) is 10.5. The number of hydrogen-bond donors (Lipinski definition) is 1. The quantitative estimate of drug-likeness (QED) is 0.440. The zero-order chi connectivity index (χ0) is 15.4. The van der Waals surface area contributed by atoms with Crippen LogP contribution < -0.4 is 10.2 Å². The first-order chi connectivity index (χ1) is 10.8. The van der Waals surface area contributed by atoms with Crippen molar-refractivity contribution in [3.63, 3.8) is 0 Å². The monoisotopic (exact) mass is 448 g/mol. The topological polar surface area (TPSA) is 69.8 Å². The highest BCUT2D eigenvalue weighted by molar-refractivity contribution is 14.0. The van der Waals surface area contributed by atoms with Gasteiger partial charge in [0.05, 0.1) is 11.5 Å². The lowest BCUT2D eigenvalue weighted by molar-refractivity contribution is 0.354. The van der Waals surface area contributed by atoms with Crippen molar-refractivity contribution >= 4 is 46.3 Å². The van der Waals surface area contributed by atoms with Crippen LogP contribution in [0, 0.1) is 6.92 Å². The van der Waals surface area contributed by atoms with Gasteiger partial charge in [-0.15, -0.1) is 35.3 Å². The fourth-order valence-electron chi connectivity index (χ4n) is 2.49. The van der Waals surface area contributed by atoms with Crippen molar-refractivity contribution in [3.05, 3.63) is 29.2 Å². The van der Waals surface area contributed by atoms with Crippen molar-refractivity contribution in [2.45, 2.75) is 13.5 Å². The van der Waals surface area contributed by atoms with Crippen LogP contribution in [-0.2, 0) is 6.54 Å². The second kappa shape index (κ2) is 8.48. The molecule has 9 heteroatoms. The van der Waals surface area contributed by atoms with Gasteiger partial charge in [0.2, 0.25) is 5.89 Å². The van der Waals surface area contributed by atoms with Crippen molar-refractivity contribution in [2.24, 2.45) is 4.99 Å². The summed E-state index contributed by atoms with van der Waals surface area (Å²) in [6.45, 7) is 6.20. The van der Waals surface area contributed by atoms with Crippen molar-refractivity contribution in [1.82, 2.24) is 20.4 Å². The number of piperazine rings is 1. The zero-order valence-corrected chi connectivity index (χ0v) is 16.4. The van der Waals surface area contributed by atoms with E-state index in [1.54, 1.807) is 18.4 Å². The molecule has 0 saturated carbocycles. The van der Waals surface area contributed by atoms with Crippen LogP contribution in [0.25, 0.3) is 0 Å². The molecule has 1 aliphatic rings. The van der Waals surface area contributed by atoms with E-state index in [2.05, 4.69) is 47.8 Å².